The first-order valence-electron chi connectivity index (χ1n) is 4.72. The molecular weight excluding hydrogens is 262 g/mol. The number of aryl methyl sites for hydroxylation is 1. The van der Waals surface area contributed by atoms with Crippen molar-refractivity contribution in [2.75, 3.05) is 6.54 Å². The molecule has 1 atom stereocenters. The van der Waals surface area contributed by atoms with Gasteiger partial charge in [-0.15, -0.1) is 0 Å². The van der Waals surface area contributed by atoms with E-state index >= 15 is 0 Å². The smallest absolute Gasteiger partial charge is 0.407 e. The van der Waals surface area contributed by atoms with Crippen molar-refractivity contribution in [3.8, 4) is 0 Å². The normalized spacial score (nSPS) is 20.2. The molecule has 1 aliphatic rings. The van der Waals surface area contributed by atoms with Gasteiger partial charge < -0.3 is 10.1 Å². The number of halogens is 1. The van der Waals surface area contributed by atoms with Gasteiger partial charge in [0.25, 0.3) is 0 Å². The second kappa shape index (κ2) is 3.84. The number of ether oxygens (including phenoxy) is 1. The number of nitrogens with zero attached hydrogens (tertiary/aromatic N) is 2. The number of cyclic esters (lactones) is 1. The number of carbonyl (C=O) groups excluding carboxylic acids is 1. The summed E-state index contributed by atoms with van der Waals surface area (Å²) in [6.45, 7) is 5.06. The number of rotatable bonds is 2. The fourth-order valence-electron chi connectivity index (χ4n) is 1.58. The Hall–Kier alpha value is -1.04. The minimum Gasteiger partial charge on any atom is -0.442 e. The van der Waals surface area contributed by atoms with Crippen molar-refractivity contribution in [3.63, 3.8) is 0 Å². The van der Waals surface area contributed by atoms with Gasteiger partial charge in [0.1, 0.15) is 6.10 Å². The summed E-state index contributed by atoms with van der Waals surface area (Å²) in [6, 6.07) is 0. The fourth-order valence-corrected chi connectivity index (χ4v) is 1.86. The summed E-state index contributed by atoms with van der Waals surface area (Å²) >= 11 is 3.45. The van der Waals surface area contributed by atoms with Gasteiger partial charge in [0.05, 0.1) is 23.3 Å². The summed E-state index contributed by atoms with van der Waals surface area (Å²) in [7, 11) is 0. The predicted octanol–water partition coefficient (Wildman–Crippen LogP) is 1.37. The maximum absolute atomic E-state index is 10.8. The van der Waals surface area contributed by atoms with Crippen LogP contribution in [0, 0.1) is 13.8 Å². The van der Waals surface area contributed by atoms with Crippen molar-refractivity contribution in [2.45, 2.75) is 26.5 Å². The van der Waals surface area contributed by atoms with Crippen LogP contribution in [0.4, 0.5) is 4.79 Å². The molecule has 2 rings (SSSR count). The Bertz CT molecular complexity index is 402. The summed E-state index contributed by atoms with van der Waals surface area (Å²) in [5, 5.41) is 6.97. The monoisotopic (exact) mass is 273 g/mol. The average Bonchev–Trinajstić information content (AvgIpc) is 2.68. The van der Waals surface area contributed by atoms with E-state index in [0.29, 0.717) is 13.1 Å². The molecule has 0 spiro atoms. The summed E-state index contributed by atoms with van der Waals surface area (Å²) in [6.07, 6.45) is -0.469. The highest BCUT2D eigenvalue weighted by atomic mass is 79.9. The minimum absolute atomic E-state index is 0.123. The van der Waals surface area contributed by atoms with Crippen LogP contribution in [0.25, 0.3) is 0 Å². The van der Waals surface area contributed by atoms with Gasteiger partial charge in [0, 0.05) is 5.69 Å². The van der Waals surface area contributed by atoms with Crippen molar-refractivity contribution in [2.24, 2.45) is 0 Å². The Morgan fingerprint density at radius 3 is 2.87 bits per heavy atom. The highest BCUT2D eigenvalue weighted by molar-refractivity contribution is 9.10. The van der Waals surface area contributed by atoms with Gasteiger partial charge in [-0.25, -0.2) is 4.79 Å². The van der Waals surface area contributed by atoms with E-state index in [1.807, 2.05) is 18.5 Å². The van der Waals surface area contributed by atoms with Crippen LogP contribution >= 0.6 is 15.9 Å². The Labute approximate surface area is 95.9 Å². The van der Waals surface area contributed by atoms with Crippen LogP contribution in [0.15, 0.2) is 4.47 Å². The summed E-state index contributed by atoms with van der Waals surface area (Å²) < 4.78 is 7.91. The standard InChI is InChI=1S/C9H12BrN3O2/c1-5-8(10)6(2)13(12-5)4-7-3-11-9(14)15-7/h7H,3-4H2,1-2H3,(H,11,14). The van der Waals surface area contributed by atoms with E-state index in [2.05, 4.69) is 26.3 Å². The van der Waals surface area contributed by atoms with E-state index in [-0.39, 0.29) is 12.2 Å². The molecule has 15 heavy (non-hydrogen) atoms. The molecule has 82 valence electrons. The first kappa shape index (κ1) is 10.5. The van der Waals surface area contributed by atoms with Crippen LogP contribution in [-0.4, -0.2) is 28.5 Å². The maximum atomic E-state index is 10.8. The van der Waals surface area contributed by atoms with Crippen LogP contribution in [0.5, 0.6) is 0 Å². The molecule has 1 aromatic heterocycles. The van der Waals surface area contributed by atoms with Gasteiger partial charge in [-0.1, -0.05) is 0 Å². The minimum atomic E-state index is -0.347. The van der Waals surface area contributed by atoms with Gasteiger partial charge in [0.15, 0.2) is 0 Å². The van der Waals surface area contributed by atoms with Gasteiger partial charge in [-0.3, -0.25) is 4.68 Å². The van der Waals surface area contributed by atoms with E-state index < -0.39 is 0 Å². The zero-order valence-electron chi connectivity index (χ0n) is 8.58. The largest absolute Gasteiger partial charge is 0.442 e. The number of hydrogen-bond acceptors (Lipinski definition) is 3. The molecule has 0 radical (unpaired) electrons. The van der Waals surface area contributed by atoms with Crippen molar-refractivity contribution < 1.29 is 9.53 Å². The second-order valence-electron chi connectivity index (χ2n) is 3.58. The Morgan fingerprint density at radius 1 is 1.67 bits per heavy atom. The molecule has 1 fully saturated rings. The molecule has 0 aromatic carbocycles. The number of carbonyl (C=O) groups is 1. The number of nitrogens with one attached hydrogen (secondary N) is 1. The molecule has 6 heteroatoms. The summed E-state index contributed by atoms with van der Waals surface area (Å²) in [4.78, 5) is 10.8. The lowest BCUT2D eigenvalue weighted by Crippen LogP contribution is -2.21. The first-order valence-corrected chi connectivity index (χ1v) is 5.51. The topological polar surface area (TPSA) is 56.2 Å². The molecule has 5 nitrogen and oxygen atoms in total. The number of hydrogen-bond donors (Lipinski definition) is 1. The SMILES string of the molecule is Cc1nn(CC2CNC(=O)O2)c(C)c1Br. The van der Waals surface area contributed by atoms with Gasteiger partial charge in [0.2, 0.25) is 0 Å². The lowest BCUT2D eigenvalue weighted by atomic mass is 10.3. The number of aromatic nitrogens is 2. The quantitative estimate of drug-likeness (QED) is 0.886. The highest BCUT2D eigenvalue weighted by Gasteiger charge is 2.24. The Balaban J connectivity index is 2.11. The molecule has 0 aliphatic carbocycles. The molecule has 1 N–H and O–H groups in total. The third kappa shape index (κ3) is 1.99. The Kier molecular flexibility index (Phi) is 2.68. The van der Waals surface area contributed by atoms with Crippen LogP contribution in [0.1, 0.15) is 11.4 Å². The molecule has 0 bridgehead atoms. The van der Waals surface area contributed by atoms with Crippen LogP contribution < -0.4 is 5.32 Å². The van der Waals surface area contributed by atoms with Crippen molar-refractivity contribution in [1.82, 2.24) is 15.1 Å². The average molecular weight is 274 g/mol. The highest BCUT2D eigenvalue weighted by Crippen LogP contribution is 2.20. The second-order valence-corrected chi connectivity index (χ2v) is 4.37. The fraction of sp³-hybridized carbons (Fsp3) is 0.556. The van der Waals surface area contributed by atoms with E-state index in [9.17, 15) is 4.79 Å². The molecule has 1 aromatic rings. The van der Waals surface area contributed by atoms with Crippen LogP contribution in [0.3, 0.4) is 0 Å². The van der Waals surface area contributed by atoms with Crippen molar-refractivity contribution in [1.29, 1.82) is 0 Å². The van der Waals surface area contributed by atoms with Gasteiger partial charge in [-0.2, -0.15) is 5.10 Å². The molecular formula is C9H12BrN3O2. The first-order chi connectivity index (χ1) is 7.08. The predicted molar refractivity (Wildman–Crippen MR) is 57.7 cm³/mol. The molecule has 1 saturated heterocycles. The summed E-state index contributed by atoms with van der Waals surface area (Å²) in [5.74, 6) is 0. The maximum Gasteiger partial charge on any atom is 0.407 e. The zero-order valence-corrected chi connectivity index (χ0v) is 10.2. The number of amides is 1. The van der Waals surface area contributed by atoms with Crippen LogP contribution in [0.2, 0.25) is 0 Å². The molecule has 1 amide bonds. The molecule has 1 aliphatic heterocycles. The van der Waals surface area contributed by atoms with Crippen molar-refractivity contribution >= 4 is 22.0 Å². The third-order valence-corrected chi connectivity index (χ3v) is 3.57. The van der Waals surface area contributed by atoms with Gasteiger partial charge >= 0.3 is 6.09 Å². The molecule has 1 unspecified atom stereocenters. The third-order valence-electron chi connectivity index (χ3n) is 2.42. The zero-order chi connectivity index (χ0) is 11.0. The molecule has 0 saturated carbocycles. The molecule has 2 heterocycles. The lowest BCUT2D eigenvalue weighted by molar-refractivity contribution is 0.128. The number of alkyl carbamates (subject to hydrolysis) is 1. The van der Waals surface area contributed by atoms with Gasteiger partial charge in [-0.05, 0) is 29.8 Å². The lowest BCUT2D eigenvalue weighted by Gasteiger charge is -2.09. The van der Waals surface area contributed by atoms with Crippen LogP contribution in [-0.2, 0) is 11.3 Å². The van der Waals surface area contributed by atoms with E-state index in [0.717, 1.165) is 15.9 Å². The van der Waals surface area contributed by atoms with E-state index in [1.54, 1.807) is 0 Å². The Morgan fingerprint density at radius 2 is 2.40 bits per heavy atom. The van der Waals surface area contributed by atoms with E-state index in [1.165, 1.54) is 0 Å². The summed E-state index contributed by atoms with van der Waals surface area (Å²) in [5.41, 5.74) is 2.00. The van der Waals surface area contributed by atoms with E-state index in [4.69, 9.17) is 4.74 Å². The van der Waals surface area contributed by atoms with Crippen molar-refractivity contribution in [3.05, 3.63) is 15.9 Å².